The van der Waals surface area contributed by atoms with E-state index in [2.05, 4.69) is 15.0 Å². The molecule has 0 fully saturated rings. The van der Waals surface area contributed by atoms with Gasteiger partial charge < -0.3 is 17.2 Å². The second-order valence-corrected chi connectivity index (χ2v) is 4.74. The number of hydrogen-bond donors (Lipinski definition) is 4. The lowest BCUT2D eigenvalue weighted by atomic mass is 10.9. The first-order valence-corrected chi connectivity index (χ1v) is 5.88. The van der Waals surface area contributed by atoms with E-state index in [4.69, 9.17) is 30.2 Å². The van der Waals surface area contributed by atoms with Crippen LogP contribution < -0.4 is 17.2 Å². The summed E-state index contributed by atoms with van der Waals surface area (Å²) < 4.78 is 25.8. The van der Waals surface area contributed by atoms with Crippen molar-refractivity contribution in [3.8, 4) is 0 Å². The molecule has 0 aliphatic rings. The molecule has 1 unspecified atom stereocenters. The van der Waals surface area contributed by atoms with Crippen LogP contribution in [-0.2, 0) is 9.74 Å². The monoisotopic (exact) mass is 240 g/mol. The van der Waals surface area contributed by atoms with E-state index in [0.29, 0.717) is 0 Å². The molecule has 80 valence electrons. The molecule has 0 saturated heterocycles. The topological polar surface area (TPSA) is 171 Å². The lowest BCUT2D eigenvalue weighted by molar-refractivity contribution is 0.503. The SMILES string of the molecule is Nc1nc(N)nc(N)n1.O=S(=O)(O)P. The normalized spacial score (nSPS) is 10.1. The Bertz CT molecular complexity index is 348. The van der Waals surface area contributed by atoms with Gasteiger partial charge in [0.25, 0.3) is 9.74 Å². The molecule has 0 aromatic carbocycles. The molecule has 9 nitrogen and oxygen atoms in total. The third kappa shape index (κ3) is 8.84. The molecular weight excluding hydrogens is 231 g/mol. The summed E-state index contributed by atoms with van der Waals surface area (Å²) >= 11 is 0. The molecule has 1 aromatic heterocycles. The fourth-order valence-corrected chi connectivity index (χ4v) is 0.427. The van der Waals surface area contributed by atoms with E-state index >= 15 is 0 Å². The summed E-state index contributed by atoms with van der Waals surface area (Å²) in [5.74, 6) is 0.125. The molecule has 1 heterocycles. The lowest BCUT2D eigenvalue weighted by Gasteiger charge is -1.93. The van der Waals surface area contributed by atoms with Crippen LogP contribution in [0.25, 0.3) is 0 Å². The predicted molar refractivity (Wildman–Crippen MR) is 54.3 cm³/mol. The van der Waals surface area contributed by atoms with E-state index in [0.717, 1.165) is 0 Å². The van der Waals surface area contributed by atoms with Gasteiger partial charge in [0.1, 0.15) is 0 Å². The van der Waals surface area contributed by atoms with E-state index in [9.17, 15) is 0 Å². The minimum atomic E-state index is -3.75. The van der Waals surface area contributed by atoms with Crippen LogP contribution in [0.15, 0.2) is 0 Å². The molecule has 0 amide bonds. The Kier molecular flexibility index (Phi) is 4.41. The molecule has 7 N–H and O–H groups in total. The molecule has 1 rings (SSSR count). The summed E-state index contributed by atoms with van der Waals surface area (Å²) in [5, 5.41) is 0. The highest BCUT2D eigenvalue weighted by atomic mass is 32.7. The van der Waals surface area contributed by atoms with Crippen molar-refractivity contribution in [1.29, 1.82) is 0 Å². The van der Waals surface area contributed by atoms with Crippen LogP contribution in [0.5, 0.6) is 0 Å². The Balaban J connectivity index is 0.000000292. The Morgan fingerprint density at radius 3 is 1.29 bits per heavy atom. The van der Waals surface area contributed by atoms with E-state index in [1.54, 1.807) is 0 Å². The number of nitrogen functional groups attached to an aromatic ring is 3. The van der Waals surface area contributed by atoms with Crippen molar-refractivity contribution in [3.05, 3.63) is 0 Å². The average Bonchev–Trinajstić information content (AvgIpc) is 1.77. The second kappa shape index (κ2) is 4.84. The molecule has 0 radical (unpaired) electrons. The quantitative estimate of drug-likeness (QED) is 0.304. The van der Waals surface area contributed by atoms with Crippen molar-refractivity contribution in [1.82, 2.24) is 15.0 Å². The zero-order valence-corrected chi connectivity index (χ0v) is 8.79. The molecule has 0 aliphatic heterocycles. The molecule has 14 heavy (non-hydrogen) atoms. The van der Waals surface area contributed by atoms with Gasteiger partial charge in [-0.3, -0.25) is 4.55 Å². The maximum Gasteiger partial charge on any atom is 0.275 e. The molecular formula is C3H9N6O3PS. The molecule has 0 aliphatic carbocycles. The predicted octanol–water partition coefficient (Wildman–Crippen LogP) is -1.72. The molecule has 1 atom stereocenters. The number of anilines is 3. The fourth-order valence-electron chi connectivity index (χ4n) is 0.427. The van der Waals surface area contributed by atoms with Crippen molar-refractivity contribution in [2.45, 2.75) is 0 Å². The molecule has 11 heteroatoms. The van der Waals surface area contributed by atoms with Gasteiger partial charge in [0, 0.05) is 8.44 Å². The molecule has 1 aromatic rings. The van der Waals surface area contributed by atoms with Gasteiger partial charge in [-0.15, -0.1) is 0 Å². The van der Waals surface area contributed by atoms with E-state index in [1.165, 1.54) is 8.44 Å². The number of hydrogen-bond acceptors (Lipinski definition) is 8. The minimum Gasteiger partial charge on any atom is -0.368 e. The molecule has 0 spiro atoms. The number of nitrogens with two attached hydrogens (primary N) is 3. The van der Waals surface area contributed by atoms with Crippen LogP contribution >= 0.6 is 8.44 Å². The maximum atomic E-state index is 9.15. The first-order valence-electron chi connectivity index (χ1n) is 2.96. The third-order valence-electron chi connectivity index (χ3n) is 0.687. The number of aromatic nitrogens is 3. The van der Waals surface area contributed by atoms with Crippen LogP contribution in [0.1, 0.15) is 0 Å². The highest BCUT2D eigenvalue weighted by molar-refractivity contribution is 8.34. The van der Waals surface area contributed by atoms with Crippen LogP contribution in [0.2, 0.25) is 0 Å². The van der Waals surface area contributed by atoms with Crippen molar-refractivity contribution in [2.24, 2.45) is 0 Å². The second-order valence-electron chi connectivity index (χ2n) is 1.92. The highest BCUT2D eigenvalue weighted by Gasteiger charge is 1.93. The minimum absolute atomic E-state index is 0.0417. The maximum absolute atomic E-state index is 9.15. The molecule has 0 bridgehead atoms. The van der Waals surface area contributed by atoms with Gasteiger partial charge in [-0.05, 0) is 0 Å². The summed E-state index contributed by atoms with van der Waals surface area (Å²) in [7, 11) is -2.51. The van der Waals surface area contributed by atoms with Crippen molar-refractivity contribution < 1.29 is 13.0 Å². The van der Waals surface area contributed by atoms with Gasteiger partial charge in [0.2, 0.25) is 17.8 Å². The fraction of sp³-hybridized carbons (Fsp3) is 0. The van der Waals surface area contributed by atoms with E-state index < -0.39 is 9.74 Å². The Labute approximate surface area is 81.8 Å². The summed E-state index contributed by atoms with van der Waals surface area (Å²) in [6.45, 7) is 0. The largest absolute Gasteiger partial charge is 0.368 e. The summed E-state index contributed by atoms with van der Waals surface area (Å²) in [4.78, 5) is 10.5. The smallest absolute Gasteiger partial charge is 0.275 e. The Morgan fingerprint density at radius 1 is 1.00 bits per heavy atom. The summed E-state index contributed by atoms with van der Waals surface area (Å²) in [6, 6.07) is 0. The van der Waals surface area contributed by atoms with Gasteiger partial charge in [0.05, 0.1) is 0 Å². The van der Waals surface area contributed by atoms with E-state index in [-0.39, 0.29) is 17.8 Å². The van der Waals surface area contributed by atoms with Crippen LogP contribution in [-0.4, -0.2) is 27.9 Å². The highest BCUT2D eigenvalue weighted by Crippen LogP contribution is 1.97. The Hall–Kier alpha value is -1.25. The van der Waals surface area contributed by atoms with Crippen molar-refractivity contribution in [2.75, 3.05) is 17.2 Å². The first-order chi connectivity index (χ1) is 6.18. The standard InChI is InChI=1S/C3H6N6.H3O3PS/c4-1-7-2(5)9-3(6)8-1;1-5(2,3)4/h(H6,4,5,6,7,8,9);4H2,(H,1,2,3). The molecule has 0 saturated carbocycles. The van der Waals surface area contributed by atoms with Crippen LogP contribution in [0, 0.1) is 0 Å². The summed E-state index contributed by atoms with van der Waals surface area (Å²) in [5.41, 5.74) is 15.4. The lowest BCUT2D eigenvalue weighted by Crippen LogP contribution is -2.05. The van der Waals surface area contributed by atoms with Gasteiger partial charge in [-0.25, -0.2) is 0 Å². The zero-order chi connectivity index (χ0) is 11.4. The van der Waals surface area contributed by atoms with Gasteiger partial charge in [-0.2, -0.15) is 23.4 Å². The summed E-state index contributed by atoms with van der Waals surface area (Å²) in [6.07, 6.45) is 0. The van der Waals surface area contributed by atoms with Crippen LogP contribution in [0.4, 0.5) is 17.8 Å². The van der Waals surface area contributed by atoms with Gasteiger partial charge >= 0.3 is 0 Å². The zero-order valence-electron chi connectivity index (χ0n) is 6.82. The van der Waals surface area contributed by atoms with Crippen molar-refractivity contribution in [3.63, 3.8) is 0 Å². The van der Waals surface area contributed by atoms with Gasteiger partial charge in [-0.1, -0.05) is 0 Å². The Morgan fingerprint density at radius 2 is 1.14 bits per heavy atom. The number of nitrogens with zero attached hydrogens (tertiary/aromatic N) is 3. The van der Waals surface area contributed by atoms with Crippen molar-refractivity contribution >= 4 is 36.0 Å². The van der Waals surface area contributed by atoms with Crippen LogP contribution in [0.3, 0.4) is 0 Å². The number of rotatable bonds is 0. The first kappa shape index (κ1) is 12.8. The third-order valence-corrected chi connectivity index (χ3v) is 0.687. The average molecular weight is 240 g/mol. The van der Waals surface area contributed by atoms with E-state index in [1.807, 2.05) is 0 Å². The van der Waals surface area contributed by atoms with Gasteiger partial charge in [0.15, 0.2) is 0 Å².